The molecule has 1 heterocycles. The number of amides is 1. The highest BCUT2D eigenvalue weighted by Crippen LogP contribution is 2.24. The maximum absolute atomic E-state index is 12.4. The van der Waals surface area contributed by atoms with Crippen molar-refractivity contribution < 1.29 is 14.3 Å². The number of thioether (sulfide) groups is 1. The third-order valence-electron chi connectivity index (χ3n) is 3.92. The highest BCUT2D eigenvalue weighted by molar-refractivity contribution is 7.99. The van der Waals surface area contributed by atoms with Gasteiger partial charge in [-0.1, -0.05) is 62.0 Å². The lowest BCUT2D eigenvalue weighted by molar-refractivity contribution is -0.145. The summed E-state index contributed by atoms with van der Waals surface area (Å²) in [5.41, 5.74) is 0.941. The molecule has 0 bridgehead atoms. The van der Waals surface area contributed by atoms with Gasteiger partial charge in [0.1, 0.15) is 6.04 Å². The van der Waals surface area contributed by atoms with Gasteiger partial charge in [-0.15, -0.1) is 16.8 Å². The molecule has 2 aromatic rings. The standard InChI is InChI=1S/C20H26N4O3S/c1-5-11-24-18(15-9-7-6-8-10-15)22-23-20(24)28-13-17(25)21-16(12-14(2)3)19(26)27-4/h5-10,14,16H,1,11-13H2,2-4H3,(H,21,25)/t16-/m1/s1. The molecular weight excluding hydrogens is 376 g/mol. The van der Waals surface area contributed by atoms with E-state index in [4.69, 9.17) is 4.74 Å². The van der Waals surface area contributed by atoms with E-state index in [1.54, 1.807) is 6.08 Å². The Kier molecular flexibility index (Phi) is 8.25. The van der Waals surface area contributed by atoms with Crippen molar-refractivity contribution in [3.63, 3.8) is 0 Å². The number of aromatic nitrogens is 3. The number of methoxy groups -OCH3 is 1. The van der Waals surface area contributed by atoms with Gasteiger partial charge in [0.2, 0.25) is 5.91 Å². The van der Waals surface area contributed by atoms with E-state index in [-0.39, 0.29) is 17.6 Å². The predicted molar refractivity (Wildman–Crippen MR) is 110 cm³/mol. The van der Waals surface area contributed by atoms with Crippen molar-refractivity contribution in [2.45, 2.75) is 38.0 Å². The van der Waals surface area contributed by atoms with Crippen LogP contribution in [0.4, 0.5) is 0 Å². The van der Waals surface area contributed by atoms with Crippen molar-refractivity contribution in [1.82, 2.24) is 20.1 Å². The molecule has 2 rings (SSSR count). The molecule has 1 aromatic carbocycles. The van der Waals surface area contributed by atoms with Gasteiger partial charge in [-0.25, -0.2) is 4.79 Å². The van der Waals surface area contributed by atoms with Gasteiger partial charge in [0, 0.05) is 12.1 Å². The van der Waals surface area contributed by atoms with Gasteiger partial charge in [0.05, 0.1) is 12.9 Å². The summed E-state index contributed by atoms with van der Waals surface area (Å²) < 4.78 is 6.69. The summed E-state index contributed by atoms with van der Waals surface area (Å²) in [6, 6.07) is 9.07. The fraction of sp³-hybridized carbons (Fsp3) is 0.400. The van der Waals surface area contributed by atoms with Crippen LogP contribution in [0.2, 0.25) is 0 Å². The van der Waals surface area contributed by atoms with Crippen LogP contribution < -0.4 is 5.32 Å². The van der Waals surface area contributed by atoms with Crippen LogP contribution in [0.5, 0.6) is 0 Å². The zero-order chi connectivity index (χ0) is 20.5. The summed E-state index contributed by atoms with van der Waals surface area (Å²) in [5, 5.41) is 11.8. The number of nitrogens with one attached hydrogen (secondary N) is 1. The molecule has 0 spiro atoms. The molecule has 1 atom stereocenters. The molecule has 1 amide bonds. The first-order valence-corrected chi connectivity index (χ1v) is 10.0. The average Bonchev–Trinajstić information content (AvgIpc) is 3.08. The van der Waals surface area contributed by atoms with Gasteiger partial charge < -0.3 is 10.1 Å². The van der Waals surface area contributed by atoms with Crippen LogP contribution in [-0.4, -0.2) is 45.5 Å². The predicted octanol–water partition coefficient (Wildman–Crippen LogP) is 2.93. The van der Waals surface area contributed by atoms with Crippen molar-refractivity contribution in [1.29, 1.82) is 0 Å². The van der Waals surface area contributed by atoms with Crippen molar-refractivity contribution in [3.8, 4) is 11.4 Å². The molecule has 1 N–H and O–H groups in total. The number of hydrogen-bond acceptors (Lipinski definition) is 6. The lowest BCUT2D eigenvalue weighted by atomic mass is 10.0. The average molecular weight is 403 g/mol. The molecule has 0 aliphatic rings. The number of nitrogens with zero attached hydrogens (tertiary/aromatic N) is 3. The van der Waals surface area contributed by atoms with Crippen molar-refractivity contribution in [3.05, 3.63) is 43.0 Å². The Labute approximate surface area is 169 Å². The number of allylic oxidation sites excluding steroid dienone is 1. The summed E-state index contributed by atoms with van der Waals surface area (Å²) in [5.74, 6) is 0.399. The molecule has 0 aliphatic heterocycles. The molecule has 0 fully saturated rings. The third kappa shape index (κ3) is 5.95. The van der Waals surface area contributed by atoms with Gasteiger partial charge in [-0.3, -0.25) is 9.36 Å². The normalized spacial score (nSPS) is 11.9. The van der Waals surface area contributed by atoms with Crippen LogP contribution in [0.1, 0.15) is 20.3 Å². The van der Waals surface area contributed by atoms with Gasteiger partial charge >= 0.3 is 5.97 Å². The van der Waals surface area contributed by atoms with E-state index >= 15 is 0 Å². The zero-order valence-electron chi connectivity index (χ0n) is 16.4. The number of hydrogen-bond donors (Lipinski definition) is 1. The minimum Gasteiger partial charge on any atom is -0.467 e. The molecule has 0 saturated heterocycles. The first-order chi connectivity index (χ1) is 13.5. The number of esters is 1. The van der Waals surface area contributed by atoms with Crippen LogP contribution in [0.15, 0.2) is 48.1 Å². The van der Waals surface area contributed by atoms with E-state index in [0.29, 0.717) is 18.1 Å². The van der Waals surface area contributed by atoms with Gasteiger partial charge in [0.15, 0.2) is 11.0 Å². The quantitative estimate of drug-likeness (QED) is 0.374. The van der Waals surface area contributed by atoms with Crippen LogP contribution in [0, 0.1) is 5.92 Å². The second kappa shape index (κ2) is 10.7. The van der Waals surface area contributed by atoms with E-state index < -0.39 is 12.0 Å². The van der Waals surface area contributed by atoms with Gasteiger partial charge in [-0.05, 0) is 12.3 Å². The summed E-state index contributed by atoms with van der Waals surface area (Å²) in [7, 11) is 1.32. The van der Waals surface area contributed by atoms with Crippen LogP contribution in [-0.2, 0) is 20.9 Å². The number of rotatable bonds is 10. The molecule has 28 heavy (non-hydrogen) atoms. The number of carbonyl (C=O) groups is 2. The van der Waals surface area contributed by atoms with Crippen molar-refractivity contribution >= 4 is 23.6 Å². The summed E-state index contributed by atoms with van der Waals surface area (Å²) >= 11 is 1.27. The molecule has 1 aromatic heterocycles. The van der Waals surface area contributed by atoms with Gasteiger partial charge in [0.25, 0.3) is 0 Å². The molecule has 8 heteroatoms. The van der Waals surface area contributed by atoms with E-state index in [1.165, 1.54) is 18.9 Å². The Hall–Kier alpha value is -2.61. The Morgan fingerprint density at radius 3 is 2.61 bits per heavy atom. The molecule has 0 unspecified atom stereocenters. The maximum Gasteiger partial charge on any atom is 0.328 e. The molecule has 0 radical (unpaired) electrons. The molecule has 7 nitrogen and oxygen atoms in total. The van der Waals surface area contributed by atoms with Crippen molar-refractivity contribution in [2.75, 3.05) is 12.9 Å². The largest absolute Gasteiger partial charge is 0.467 e. The van der Waals surface area contributed by atoms with Crippen LogP contribution in [0.3, 0.4) is 0 Å². The fourth-order valence-corrected chi connectivity index (χ4v) is 3.44. The molecule has 0 saturated carbocycles. The molecular formula is C20H26N4O3S. The Morgan fingerprint density at radius 2 is 2.00 bits per heavy atom. The SMILES string of the molecule is C=CCn1c(SCC(=O)N[C@H](CC(C)C)C(=O)OC)nnc1-c1ccccc1. The first-order valence-electron chi connectivity index (χ1n) is 9.05. The lowest BCUT2D eigenvalue weighted by Crippen LogP contribution is -2.43. The molecule has 0 aliphatic carbocycles. The Bertz CT molecular complexity index is 805. The fourth-order valence-electron chi connectivity index (χ4n) is 2.68. The first kappa shape index (κ1) is 21.7. The Morgan fingerprint density at radius 1 is 1.29 bits per heavy atom. The summed E-state index contributed by atoms with van der Waals surface area (Å²) in [4.78, 5) is 24.2. The Balaban J connectivity index is 2.07. The van der Waals surface area contributed by atoms with Crippen molar-refractivity contribution in [2.24, 2.45) is 5.92 Å². The monoisotopic (exact) mass is 402 g/mol. The van der Waals surface area contributed by atoms with E-state index in [9.17, 15) is 9.59 Å². The van der Waals surface area contributed by atoms with E-state index in [1.807, 2.05) is 48.7 Å². The maximum atomic E-state index is 12.4. The number of benzene rings is 1. The van der Waals surface area contributed by atoms with Crippen LogP contribution >= 0.6 is 11.8 Å². The smallest absolute Gasteiger partial charge is 0.328 e. The summed E-state index contributed by atoms with van der Waals surface area (Å²) in [6.07, 6.45) is 2.28. The number of ether oxygens (including phenoxy) is 1. The minimum absolute atomic E-state index is 0.121. The van der Waals surface area contributed by atoms with Crippen LogP contribution in [0.25, 0.3) is 11.4 Å². The lowest BCUT2D eigenvalue weighted by Gasteiger charge is -2.18. The molecule has 150 valence electrons. The number of carbonyl (C=O) groups excluding carboxylic acids is 2. The highest BCUT2D eigenvalue weighted by atomic mass is 32.2. The highest BCUT2D eigenvalue weighted by Gasteiger charge is 2.23. The second-order valence-corrected chi connectivity index (χ2v) is 7.58. The topological polar surface area (TPSA) is 86.1 Å². The van der Waals surface area contributed by atoms with E-state index in [2.05, 4.69) is 22.1 Å². The van der Waals surface area contributed by atoms with Gasteiger partial charge in [-0.2, -0.15) is 0 Å². The zero-order valence-corrected chi connectivity index (χ0v) is 17.2. The van der Waals surface area contributed by atoms with E-state index in [0.717, 1.165) is 11.4 Å². The third-order valence-corrected chi connectivity index (χ3v) is 4.89. The summed E-state index contributed by atoms with van der Waals surface area (Å²) in [6.45, 7) is 8.28. The second-order valence-electron chi connectivity index (χ2n) is 6.63. The minimum atomic E-state index is -0.649.